The summed E-state index contributed by atoms with van der Waals surface area (Å²) >= 11 is 0. The van der Waals surface area contributed by atoms with Gasteiger partial charge in [0.05, 0.1) is 24.4 Å². The van der Waals surface area contributed by atoms with E-state index in [4.69, 9.17) is 9.72 Å². The summed E-state index contributed by atoms with van der Waals surface area (Å²) in [7, 11) is 0. The summed E-state index contributed by atoms with van der Waals surface area (Å²) in [5.41, 5.74) is 5.89. The molecular weight excluding hydrogens is 388 g/mol. The van der Waals surface area contributed by atoms with Gasteiger partial charge in [0, 0.05) is 62.1 Å². The molecule has 0 spiro atoms. The summed E-state index contributed by atoms with van der Waals surface area (Å²) in [5.74, 6) is 0.734. The minimum atomic E-state index is 0.651. The second kappa shape index (κ2) is 9.06. The molecule has 2 aliphatic heterocycles. The molecule has 1 N–H and O–H groups in total. The van der Waals surface area contributed by atoms with Crippen molar-refractivity contribution in [2.75, 3.05) is 43.1 Å². The van der Waals surface area contributed by atoms with Crippen LogP contribution in [0.25, 0.3) is 22.3 Å². The maximum atomic E-state index is 5.46. The van der Waals surface area contributed by atoms with Gasteiger partial charge in [-0.2, -0.15) is 0 Å². The fourth-order valence-corrected chi connectivity index (χ4v) is 3.76. The van der Waals surface area contributed by atoms with Gasteiger partial charge in [0.25, 0.3) is 0 Å². The van der Waals surface area contributed by atoms with Gasteiger partial charge in [-0.3, -0.25) is 9.98 Å². The largest absolute Gasteiger partial charge is 0.378 e. The molecule has 0 radical (unpaired) electrons. The first-order valence-corrected chi connectivity index (χ1v) is 10.5. The van der Waals surface area contributed by atoms with E-state index < -0.39 is 0 Å². The first kappa shape index (κ1) is 19.4. The van der Waals surface area contributed by atoms with Gasteiger partial charge in [-0.25, -0.2) is 9.97 Å². The van der Waals surface area contributed by atoms with Crippen LogP contribution in [-0.4, -0.2) is 54.0 Å². The van der Waals surface area contributed by atoms with E-state index in [1.807, 2.05) is 24.6 Å². The molecular formula is C24H24N6O. The Hall–Kier alpha value is -3.58. The van der Waals surface area contributed by atoms with Crippen LogP contribution in [0.15, 0.2) is 71.6 Å². The third-order valence-electron chi connectivity index (χ3n) is 5.42. The number of nitrogens with one attached hydrogen (secondary N) is 1. The number of benzene rings is 1. The lowest BCUT2D eigenvalue weighted by molar-refractivity contribution is 0.122. The third-order valence-corrected chi connectivity index (χ3v) is 5.42. The van der Waals surface area contributed by atoms with Crippen molar-refractivity contribution in [1.82, 2.24) is 15.0 Å². The van der Waals surface area contributed by atoms with Crippen molar-refractivity contribution in [3.63, 3.8) is 0 Å². The molecule has 5 rings (SSSR count). The van der Waals surface area contributed by atoms with Crippen LogP contribution in [0.4, 0.5) is 11.5 Å². The Kier molecular flexibility index (Phi) is 5.66. The number of pyridine rings is 1. The van der Waals surface area contributed by atoms with Crippen LogP contribution in [0.2, 0.25) is 0 Å². The molecule has 0 unspecified atom stereocenters. The number of ether oxygens (including phenoxy) is 1. The van der Waals surface area contributed by atoms with Crippen molar-refractivity contribution in [2.45, 2.75) is 6.42 Å². The summed E-state index contributed by atoms with van der Waals surface area (Å²) in [4.78, 5) is 20.4. The molecule has 2 aromatic heterocycles. The first-order valence-electron chi connectivity index (χ1n) is 10.5. The summed E-state index contributed by atoms with van der Waals surface area (Å²) in [6.07, 6.45) is 12.1. The van der Waals surface area contributed by atoms with Gasteiger partial charge in [0.1, 0.15) is 5.52 Å². The minimum absolute atomic E-state index is 0.651. The lowest BCUT2D eigenvalue weighted by atomic mass is 10.1. The standard InChI is InChI=1S/C24H24N6O/c1-2-18(7-9-25-8-1)17-28-24-23-22(26-10-11-27-23)16-21(29-24)19-3-5-20(6-4-19)30-12-14-31-15-13-30/h2-11,16H,1,12-15,17H2,(H,28,29). The molecule has 1 aromatic carbocycles. The summed E-state index contributed by atoms with van der Waals surface area (Å²) in [5, 5.41) is 3.45. The summed E-state index contributed by atoms with van der Waals surface area (Å²) in [6, 6.07) is 10.5. The second-order valence-corrected chi connectivity index (χ2v) is 7.44. The molecule has 0 saturated carbocycles. The van der Waals surface area contributed by atoms with Gasteiger partial charge in [-0.15, -0.1) is 0 Å². The monoisotopic (exact) mass is 412 g/mol. The number of morpholine rings is 1. The molecule has 0 aliphatic carbocycles. The zero-order chi connectivity index (χ0) is 20.9. The molecule has 7 nitrogen and oxygen atoms in total. The zero-order valence-corrected chi connectivity index (χ0v) is 17.2. The van der Waals surface area contributed by atoms with Crippen molar-refractivity contribution in [1.29, 1.82) is 0 Å². The molecule has 156 valence electrons. The van der Waals surface area contributed by atoms with Gasteiger partial charge < -0.3 is 15.0 Å². The Morgan fingerprint density at radius 2 is 1.87 bits per heavy atom. The first-order chi connectivity index (χ1) is 15.4. The number of hydrogen-bond acceptors (Lipinski definition) is 7. The van der Waals surface area contributed by atoms with E-state index in [1.54, 1.807) is 12.4 Å². The Labute approximate surface area is 181 Å². The normalized spacial score (nSPS) is 16.3. The van der Waals surface area contributed by atoms with E-state index >= 15 is 0 Å². The predicted molar refractivity (Wildman–Crippen MR) is 125 cm³/mol. The average Bonchev–Trinajstić information content (AvgIpc) is 3.12. The fraction of sp³-hybridized carbons (Fsp3) is 0.250. The number of aromatic nitrogens is 3. The Bertz CT molecular complexity index is 1150. The molecule has 3 aromatic rings. The lowest BCUT2D eigenvalue weighted by Crippen LogP contribution is -2.36. The van der Waals surface area contributed by atoms with Crippen molar-refractivity contribution < 1.29 is 4.74 Å². The van der Waals surface area contributed by atoms with Gasteiger partial charge >= 0.3 is 0 Å². The highest BCUT2D eigenvalue weighted by molar-refractivity contribution is 5.88. The van der Waals surface area contributed by atoms with Gasteiger partial charge in [0.2, 0.25) is 0 Å². The van der Waals surface area contributed by atoms with E-state index in [-0.39, 0.29) is 0 Å². The number of fused-ring (bicyclic) bond motifs is 1. The van der Waals surface area contributed by atoms with Crippen LogP contribution in [0, 0.1) is 0 Å². The van der Waals surface area contributed by atoms with Crippen LogP contribution >= 0.6 is 0 Å². The second-order valence-electron chi connectivity index (χ2n) is 7.44. The number of rotatable bonds is 5. The Morgan fingerprint density at radius 3 is 2.74 bits per heavy atom. The number of hydrogen-bond donors (Lipinski definition) is 1. The highest BCUT2D eigenvalue weighted by atomic mass is 16.5. The van der Waals surface area contributed by atoms with Crippen molar-refractivity contribution in [3.05, 3.63) is 66.7 Å². The molecule has 0 bridgehead atoms. The van der Waals surface area contributed by atoms with Crippen molar-refractivity contribution in [3.8, 4) is 11.3 Å². The van der Waals surface area contributed by atoms with Gasteiger partial charge in [0.15, 0.2) is 5.82 Å². The van der Waals surface area contributed by atoms with Crippen LogP contribution in [0.1, 0.15) is 6.42 Å². The number of anilines is 2. The summed E-state index contributed by atoms with van der Waals surface area (Å²) in [6.45, 7) is 4.05. The van der Waals surface area contributed by atoms with Gasteiger partial charge in [-0.1, -0.05) is 18.2 Å². The number of aliphatic imine (C=N–C) groups is 1. The number of allylic oxidation sites excluding steroid dienone is 1. The quantitative estimate of drug-likeness (QED) is 0.686. The predicted octanol–water partition coefficient (Wildman–Crippen LogP) is 3.85. The molecule has 31 heavy (non-hydrogen) atoms. The molecule has 1 saturated heterocycles. The fourth-order valence-electron chi connectivity index (χ4n) is 3.76. The maximum absolute atomic E-state index is 5.46. The minimum Gasteiger partial charge on any atom is -0.378 e. The Balaban J connectivity index is 1.43. The van der Waals surface area contributed by atoms with Crippen LogP contribution < -0.4 is 10.2 Å². The molecule has 2 aliphatic rings. The topological polar surface area (TPSA) is 75.5 Å². The molecule has 0 atom stereocenters. The van der Waals surface area contributed by atoms with E-state index in [2.05, 4.69) is 55.5 Å². The van der Waals surface area contributed by atoms with E-state index in [0.717, 1.165) is 66.4 Å². The van der Waals surface area contributed by atoms with Crippen molar-refractivity contribution in [2.24, 2.45) is 4.99 Å². The molecule has 7 heteroatoms. The van der Waals surface area contributed by atoms with E-state index in [9.17, 15) is 0 Å². The highest BCUT2D eigenvalue weighted by Gasteiger charge is 2.13. The highest BCUT2D eigenvalue weighted by Crippen LogP contribution is 2.27. The molecule has 1 fully saturated rings. The third kappa shape index (κ3) is 4.46. The average molecular weight is 412 g/mol. The lowest BCUT2D eigenvalue weighted by Gasteiger charge is -2.28. The zero-order valence-electron chi connectivity index (χ0n) is 17.2. The van der Waals surface area contributed by atoms with E-state index in [0.29, 0.717) is 6.54 Å². The smallest absolute Gasteiger partial charge is 0.155 e. The molecule has 4 heterocycles. The van der Waals surface area contributed by atoms with Crippen LogP contribution in [0.5, 0.6) is 0 Å². The SMILES string of the molecule is C1=CC(CNc2nc(-c3ccc(N4CCOCC4)cc3)cc3nccnc23)=CCC=N1. The Morgan fingerprint density at radius 1 is 1.03 bits per heavy atom. The van der Waals surface area contributed by atoms with E-state index in [1.165, 1.54) is 5.69 Å². The maximum Gasteiger partial charge on any atom is 0.155 e. The summed E-state index contributed by atoms with van der Waals surface area (Å²) < 4.78 is 5.46. The van der Waals surface area contributed by atoms with Crippen molar-refractivity contribution >= 4 is 28.8 Å². The molecule has 0 amide bonds. The number of nitrogens with zero attached hydrogens (tertiary/aromatic N) is 5. The van der Waals surface area contributed by atoms with Gasteiger partial charge in [-0.05, 0) is 29.8 Å². The van der Waals surface area contributed by atoms with Crippen LogP contribution in [-0.2, 0) is 4.74 Å². The van der Waals surface area contributed by atoms with Crippen LogP contribution in [0.3, 0.4) is 0 Å².